The third kappa shape index (κ3) is 6.12. The van der Waals surface area contributed by atoms with Crippen LogP contribution in [0, 0.1) is 41.5 Å². The van der Waals surface area contributed by atoms with Crippen molar-refractivity contribution in [1.29, 1.82) is 0 Å². The predicted molar refractivity (Wildman–Crippen MR) is 133 cm³/mol. The molecule has 150 valence electrons. The third-order valence-corrected chi connectivity index (χ3v) is 5.79. The first kappa shape index (κ1) is 24.5. The van der Waals surface area contributed by atoms with Gasteiger partial charge in [0.05, 0.1) is 0 Å². The van der Waals surface area contributed by atoms with Crippen molar-refractivity contribution in [3.05, 3.63) is 94.0 Å². The first-order valence-corrected chi connectivity index (χ1v) is 20.9. The quantitative estimate of drug-likeness (QED) is 0.194. The second kappa shape index (κ2) is 11.6. The Balaban J connectivity index is 0.000000199. The van der Waals surface area contributed by atoms with E-state index in [2.05, 4.69) is 127 Å². The zero-order chi connectivity index (χ0) is 21.6. The van der Waals surface area contributed by atoms with Crippen LogP contribution in [-0.2, 0) is 18.5 Å². The van der Waals surface area contributed by atoms with Crippen molar-refractivity contribution in [2.75, 3.05) is 0 Å². The average Bonchev–Trinajstić information content (AvgIpc) is 3.19. The average molecular weight is 592 g/mol. The van der Waals surface area contributed by atoms with Gasteiger partial charge >= 0.3 is 43.0 Å². The summed E-state index contributed by atoms with van der Waals surface area (Å²) in [6.45, 7) is 13.1. The molecule has 0 saturated heterocycles. The van der Waals surface area contributed by atoms with E-state index in [-0.39, 0.29) is 18.5 Å². The van der Waals surface area contributed by atoms with Gasteiger partial charge in [0, 0.05) is 0 Å². The van der Waals surface area contributed by atoms with Crippen LogP contribution in [0.3, 0.4) is 0 Å². The molecule has 3 heteroatoms. The molecule has 4 aromatic carbocycles. The van der Waals surface area contributed by atoms with Crippen LogP contribution < -0.4 is 0 Å². The molecular weight excluding hydrogens is 563 g/mol. The molecule has 0 aromatic heterocycles. The summed E-state index contributed by atoms with van der Waals surface area (Å²) in [5, 5.41) is 2.69. The van der Waals surface area contributed by atoms with Crippen LogP contribution in [0.1, 0.15) is 33.4 Å². The normalized spacial score (nSPS) is 9.93. The van der Waals surface area contributed by atoms with Crippen LogP contribution in [0.15, 0.2) is 60.7 Å². The van der Waals surface area contributed by atoms with E-state index in [1.165, 1.54) is 55.3 Å². The van der Waals surface area contributed by atoms with Gasteiger partial charge in [0.2, 0.25) is 0 Å². The van der Waals surface area contributed by atoms with Crippen LogP contribution in [0.4, 0.5) is 0 Å². The Morgan fingerprint density at radius 3 is 1.83 bits per heavy atom. The van der Waals surface area contributed by atoms with E-state index in [4.69, 9.17) is 0 Å². The van der Waals surface area contributed by atoms with Gasteiger partial charge < -0.3 is 0 Å². The number of benzene rings is 2. The van der Waals surface area contributed by atoms with Gasteiger partial charge in [-0.15, -0.1) is 34.5 Å². The Morgan fingerprint density at radius 1 is 0.793 bits per heavy atom. The van der Waals surface area contributed by atoms with Crippen LogP contribution in [0.25, 0.3) is 21.9 Å². The summed E-state index contributed by atoms with van der Waals surface area (Å²) in [5.74, 6) is 0. The van der Waals surface area contributed by atoms with E-state index in [0.29, 0.717) is 0 Å². The number of hydrogen-bond donors (Lipinski definition) is 0. The minimum atomic E-state index is -0.145. The van der Waals surface area contributed by atoms with Gasteiger partial charge in [0.25, 0.3) is 0 Å². The molecule has 0 radical (unpaired) electrons. The van der Waals surface area contributed by atoms with Gasteiger partial charge in [0.15, 0.2) is 0 Å². The molecule has 0 aliphatic heterocycles. The zero-order valence-corrected chi connectivity index (χ0v) is 23.7. The number of rotatable bonds is 1. The molecule has 29 heavy (non-hydrogen) atoms. The van der Waals surface area contributed by atoms with E-state index in [1.807, 2.05) is 0 Å². The van der Waals surface area contributed by atoms with Crippen LogP contribution in [0.2, 0.25) is 0 Å². The second-order valence-electron chi connectivity index (χ2n) is 7.40. The standard InChI is InChI=1S/C16H13.C10H15.2BrH.Zr/c1-12-10-14-8-5-9-15(16(14)11-12)13-6-3-2-4-7-13;1-6-7(2)9(4)10(5)8(6)3;;;/h2-11H,1H3;1-5H3;2*1H;/q2*-1;;;+4/p-2. The van der Waals surface area contributed by atoms with Crippen molar-refractivity contribution < 1.29 is 18.5 Å². The molecule has 0 heterocycles. The summed E-state index contributed by atoms with van der Waals surface area (Å²) in [5.41, 5.74) is 11.3. The van der Waals surface area contributed by atoms with Crippen molar-refractivity contribution in [2.24, 2.45) is 0 Å². The Hall–Kier alpha value is -0.757. The summed E-state index contributed by atoms with van der Waals surface area (Å²) >= 11 is 6.32. The summed E-state index contributed by atoms with van der Waals surface area (Å²) in [4.78, 5) is 0. The van der Waals surface area contributed by atoms with Crippen molar-refractivity contribution in [1.82, 2.24) is 0 Å². The molecule has 0 nitrogen and oxygen atoms in total. The molecule has 4 aromatic rings. The number of hydrogen-bond acceptors (Lipinski definition) is 0. The molecule has 0 fully saturated rings. The Morgan fingerprint density at radius 2 is 1.34 bits per heavy atom. The van der Waals surface area contributed by atoms with E-state index in [0.717, 1.165) is 0 Å². The van der Waals surface area contributed by atoms with Crippen molar-refractivity contribution >= 4 is 35.2 Å². The molecule has 0 unspecified atom stereocenters. The van der Waals surface area contributed by atoms with Crippen LogP contribution in [0.5, 0.6) is 0 Å². The molecule has 0 N–H and O–H groups in total. The molecular formula is C26H28Br2Zr. The molecule has 4 rings (SSSR count). The van der Waals surface area contributed by atoms with Crippen LogP contribution in [-0.4, -0.2) is 0 Å². The summed E-state index contributed by atoms with van der Waals surface area (Å²) < 4.78 is 0. The van der Waals surface area contributed by atoms with Crippen molar-refractivity contribution in [3.8, 4) is 11.1 Å². The van der Waals surface area contributed by atoms with E-state index >= 15 is 0 Å². The molecule has 0 bridgehead atoms. The first-order valence-electron chi connectivity index (χ1n) is 9.69. The molecule has 0 amide bonds. The van der Waals surface area contributed by atoms with Crippen LogP contribution >= 0.6 is 24.4 Å². The minimum absolute atomic E-state index is 0.145. The maximum atomic E-state index is 3.23. The molecule has 0 saturated carbocycles. The van der Waals surface area contributed by atoms with Gasteiger partial charge in [-0.25, -0.2) is 0 Å². The van der Waals surface area contributed by atoms with Crippen molar-refractivity contribution in [3.63, 3.8) is 0 Å². The fourth-order valence-corrected chi connectivity index (χ4v) is 3.66. The first-order chi connectivity index (χ1) is 13.8. The molecule has 0 aliphatic carbocycles. The Bertz CT molecular complexity index is 975. The van der Waals surface area contributed by atoms with Gasteiger partial charge in [-0.2, -0.15) is 33.9 Å². The zero-order valence-electron chi connectivity index (χ0n) is 18.0. The number of aryl methyl sites for hydroxylation is 1. The monoisotopic (exact) mass is 588 g/mol. The molecule has 0 atom stereocenters. The van der Waals surface area contributed by atoms with Gasteiger partial charge in [0.1, 0.15) is 0 Å². The maximum absolute atomic E-state index is 3.23. The van der Waals surface area contributed by atoms with Crippen molar-refractivity contribution in [2.45, 2.75) is 41.5 Å². The number of halogens is 2. The molecule has 0 aliphatic rings. The fraction of sp³-hybridized carbons (Fsp3) is 0.231. The Labute approximate surface area is 198 Å². The summed E-state index contributed by atoms with van der Waals surface area (Å²) in [7, 11) is 0. The third-order valence-electron chi connectivity index (χ3n) is 5.79. The number of fused-ring (bicyclic) bond motifs is 1. The van der Waals surface area contributed by atoms with Gasteiger partial charge in [-0.05, 0) is 5.56 Å². The molecule has 0 spiro atoms. The predicted octanol–water partition coefficient (Wildman–Crippen LogP) is 9.17. The van der Waals surface area contributed by atoms with E-state index in [9.17, 15) is 0 Å². The Kier molecular flexibility index (Phi) is 9.79. The van der Waals surface area contributed by atoms with Gasteiger partial charge in [-0.1, -0.05) is 83.5 Å². The summed E-state index contributed by atoms with van der Waals surface area (Å²) in [6, 6.07) is 21.6. The summed E-state index contributed by atoms with van der Waals surface area (Å²) in [6.07, 6.45) is 0. The van der Waals surface area contributed by atoms with Gasteiger partial charge in [-0.3, -0.25) is 0 Å². The van der Waals surface area contributed by atoms with E-state index < -0.39 is 0 Å². The second-order valence-corrected chi connectivity index (χ2v) is 18.7. The fourth-order valence-electron chi connectivity index (χ4n) is 3.66. The topological polar surface area (TPSA) is 0 Å². The SMILES string of the molecule is Cc1c(C)c(C)[c-](C)c1C.Cc1cc2c(-c3ccccc3)cccc2[cH-]1.[Br][Zr+2][Br]. The van der Waals surface area contributed by atoms with E-state index in [1.54, 1.807) is 0 Å².